The van der Waals surface area contributed by atoms with Gasteiger partial charge in [-0.25, -0.2) is 9.48 Å². The molecule has 0 unspecified atom stereocenters. The lowest BCUT2D eigenvalue weighted by Gasteiger charge is -2.11. The molecule has 30 heavy (non-hydrogen) atoms. The predicted molar refractivity (Wildman–Crippen MR) is 114 cm³/mol. The van der Waals surface area contributed by atoms with E-state index in [1.54, 1.807) is 35.9 Å². The van der Waals surface area contributed by atoms with Crippen molar-refractivity contribution in [1.29, 1.82) is 0 Å². The van der Waals surface area contributed by atoms with Gasteiger partial charge in [-0.2, -0.15) is 5.10 Å². The monoisotopic (exact) mass is 408 g/mol. The molecular formula is C22H24N4O4. The zero-order valence-corrected chi connectivity index (χ0v) is 16.9. The van der Waals surface area contributed by atoms with E-state index in [0.29, 0.717) is 29.2 Å². The summed E-state index contributed by atoms with van der Waals surface area (Å²) < 4.78 is 6.92. The van der Waals surface area contributed by atoms with Gasteiger partial charge >= 0.3 is 5.97 Å². The molecule has 0 aliphatic rings. The van der Waals surface area contributed by atoms with Crippen LogP contribution in [0.5, 0.6) is 0 Å². The van der Waals surface area contributed by atoms with Crippen LogP contribution in [0.15, 0.2) is 54.6 Å². The minimum Gasteiger partial charge on any atom is -0.452 e. The van der Waals surface area contributed by atoms with Gasteiger partial charge in [0.15, 0.2) is 6.61 Å². The van der Waals surface area contributed by atoms with E-state index in [0.717, 1.165) is 11.4 Å². The molecule has 0 spiro atoms. The molecule has 3 aromatic rings. The van der Waals surface area contributed by atoms with Gasteiger partial charge in [0, 0.05) is 12.2 Å². The van der Waals surface area contributed by atoms with E-state index < -0.39 is 18.5 Å². The maximum absolute atomic E-state index is 12.4. The summed E-state index contributed by atoms with van der Waals surface area (Å²) >= 11 is 0. The van der Waals surface area contributed by atoms with Crippen LogP contribution in [-0.2, 0) is 9.53 Å². The topological polar surface area (TPSA) is 105 Å². The number of aryl methyl sites for hydroxylation is 1. The highest BCUT2D eigenvalue weighted by molar-refractivity contribution is 5.98. The molecule has 8 heteroatoms. The van der Waals surface area contributed by atoms with Gasteiger partial charge in [-0.1, -0.05) is 30.3 Å². The summed E-state index contributed by atoms with van der Waals surface area (Å²) in [5.74, 6) is -1.08. The third kappa shape index (κ3) is 4.84. The minimum absolute atomic E-state index is 0.0683. The number of ether oxygens (including phenoxy) is 1. The van der Waals surface area contributed by atoms with E-state index in [2.05, 4.69) is 15.7 Å². The zero-order chi connectivity index (χ0) is 21.5. The number of hydrogen-bond acceptors (Lipinski definition) is 6. The van der Waals surface area contributed by atoms with Crippen molar-refractivity contribution in [3.05, 3.63) is 71.5 Å². The number of aliphatic hydroxyl groups is 1. The van der Waals surface area contributed by atoms with Crippen molar-refractivity contribution in [1.82, 2.24) is 9.78 Å². The number of aromatic nitrogens is 2. The summed E-state index contributed by atoms with van der Waals surface area (Å²) in [6.07, 6.45) is 0. The van der Waals surface area contributed by atoms with Gasteiger partial charge in [0.05, 0.1) is 34.9 Å². The van der Waals surface area contributed by atoms with Crippen molar-refractivity contribution in [3.63, 3.8) is 0 Å². The molecule has 0 saturated heterocycles. The Hall–Kier alpha value is -3.65. The second kappa shape index (κ2) is 9.71. The van der Waals surface area contributed by atoms with Gasteiger partial charge in [-0.3, -0.25) is 4.79 Å². The number of benzene rings is 2. The molecule has 0 radical (unpaired) electrons. The highest BCUT2D eigenvalue weighted by Crippen LogP contribution is 2.23. The highest BCUT2D eigenvalue weighted by Gasteiger charge is 2.18. The first kappa shape index (κ1) is 21.1. The Bertz CT molecular complexity index is 1030. The summed E-state index contributed by atoms with van der Waals surface area (Å²) in [6.45, 7) is 3.47. The quantitative estimate of drug-likeness (QED) is 0.495. The van der Waals surface area contributed by atoms with E-state index in [-0.39, 0.29) is 6.61 Å². The first-order chi connectivity index (χ1) is 14.5. The van der Waals surface area contributed by atoms with Crippen molar-refractivity contribution in [3.8, 4) is 5.69 Å². The molecule has 1 heterocycles. The van der Waals surface area contributed by atoms with Gasteiger partial charge in [0.25, 0.3) is 5.91 Å². The molecule has 0 fully saturated rings. The highest BCUT2D eigenvalue weighted by atomic mass is 16.5. The van der Waals surface area contributed by atoms with Crippen molar-refractivity contribution in [2.24, 2.45) is 0 Å². The van der Waals surface area contributed by atoms with Crippen LogP contribution in [0.2, 0.25) is 0 Å². The van der Waals surface area contributed by atoms with Crippen molar-refractivity contribution in [2.45, 2.75) is 13.8 Å². The SMILES string of the molecule is Cc1nn(-c2ccccc2)c(C)c1NC(=O)COC(=O)c1ccccc1NCCO. The summed E-state index contributed by atoms with van der Waals surface area (Å²) in [6, 6.07) is 16.4. The smallest absolute Gasteiger partial charge is 0.340 e. The minimum atomic E-state index is -0.625. The van der Waals surface area contributed by atoms with Crippen LogP contribution >= 0.6 is 0 Å². The molecular weight excluding hydrogens is 384 g/mol. The van der Waals surface area contributed by atoms with Gasteiger partial charge in [-0.05, 0) is 38.1 Å². The lowest BCUT2D eigenvalue weighted by Crippen LogP contribution is -2.22. The molecule has 1 aromatic heterocycles. The Morgan fingerprint density at radius 1 is 1.07 bits per heavy atom. The fourth-order valence-corrected chi connectivity index (χ4v) is 3.03. The Kier molecular flexibility index (Phi) is 6.82. The summed E-state index contributed by atoms with van der Waals surface area (Å²) in [7, 11) is 0. The molecule has 8 nitrogen and oxygen atoms in total. The number of carbonyl (C=O) groups is 2. The van der Waals surface area contributed by atoms with Crippen molar-refractivity contribution >= 4 is 23.3 Å². The Morgan fingerprint density at radius 2 is 1.77 bits per heavy atom. The number of rotatable bonds is 8. The number of nitrogens with zero attached hydrogens (tertiary/aromatic N) is 2. The maximum atomic E-state index is 12.4. The average molecular weight is 408 g/mol. The predicted octanol–water partition coefficient (Wildman–Crippen LogP) is 2.69. The van der Waals surface area contributed by atoms with E-state index in [1.165, 1.54) is 0 Å². The normalized spacial score (nSPS) is 10.5. The fraction of sp³-hybridized carbons (Fsp3) is 0.227. The standard InChI is InChI=1S/C22H24N4O4/c1-15-21(16(2)26(25-15)17-8-4-3-5-9-17)24-20(28)14-30-22(29)18-10-6-7-11-19(18)23-12-13-27/h3-11,23,27H,12-14H2,1-2H3,(H,24,28). The summed E-state index contributed by atoms with van der Waals surface area (Å²) in [5.41, 5.74) is 3.74. The Labute approximate surface area is 174 Å². The molecule has 0 atom stereocenters. The maximum Gasteiger partial charge on any atom is 0.340 e. The van der Waals surface area contributed by atoms with Gasteiger partial charge in [-0.15, -0.1) is 0 Å². The van der Waals surface area contributed by atoms with Gasteiger partial charge < -0.3 is 20.5 Å². The third-order valence-electron chi connectivity index (χ3n) is 4.47. The van der Waals surface area contributed by atoms with Crippen LogP contribution in [0, 0.1) is 13.8 Å². The second-order valence-electron chi connectivity index (χ2n) is 6.61. The van der Waals surface area contributed by atoms with E-state index in [4.69, 9.17) is 9.84 Å². The zero-order valence-electron chi connectivity index (χ0n) is 16.9. The van der Waals surface area contributed by atoms with Crippen LogP contribution in [0.4, 0.5) is 11.4 Å². The first-order valence-corrected chi connectivity index (χ1v) is 9.53. The van der Waals surface area contributed by atoms with Crippen LogP contribution in [0.3, 0.4) is 0 Å². The molecule has 2 aromatic carbocycles. The van der Waals surface area contributed by atoms with Gasteiger partial charge in [0.2, 0.25) is 0 Å². The van der Waals surface area contributed by atoms with Gasteiger partial charge in [0.1, 0.15) is 0 Å². The number of hydrogen-bond donors (Lipinski definition) is 3. The summed E-state index contributed by atoms with van der Waals surface area (Å²) in [5, 5.41) is 19.2. The Morgan fingerprint density at radius 3 is 2.50 bits per heavy atom. The van der Waals surface area contributed by atoms with E-state index >= 15 is 0 Å². The Balaban J connectivity index is 1.65. The number of para-hydroxylation sites is 2. The molecule has 3 N–H and O–H groups in total. The summed E-state index contributed by atoms with van der Waals surface area (Å²) in [4.78, 5) is 24.8. The molecule has 0 saturated carbocycles. The molecule has 1 amide bonds. The fourth-order valence-electron chi connectivity index (χ4n) is 3.03. The van der Waals surface area contributed by atoms with Crippen LogP contribution in [0.25, 0.3) is 5.69 Å². The molecule has 3 rings (SSSR count). The number of anilines is 2. The largest absolute Gasteiger partial charge is 0.452 e. The number of esters is 1. The van der Waals surface area contributed by atoms with Crippen molar-refractivity contribution < 1.29 is 19.4 Å². The number of nitrogens with one attached hydrogen (secondary N) is 2. The van der Waals surface area contributed by atoms with E-state index in [9.17, 15) is 9.59 Å². The van der Waals surface area contributed by atoms with Crippen LogP contribution < -0.4 is 10.6 Å². The average Bonchev–Trinajstić information content (AvgIpc) is 3.05. The first-order valence-electron chi connectivity index (χ1n) is 9.53. The van der Waals surface area contributed by atoms with Crippen LogP contribution in [0.1, 0.15) is 21.7 Å². The lowest BCUT2D eigenvalue weighted by atomic mass is 10.2. The van der Waals surface area contributed by atoms with Crippen molar-refractivity contribution in [2.75, 3.05) is 30.4 Å². The lowest BCUT2D eigenvalue weighted by molar-refractivity contribution is -0.119. The second-order valence-corrected chi connectivity index (χ2v) is 6.61. The van der Waals surface area contributed by atoms with E-state index in [1.807, 2.05) is 37.3 Å². The molecule has 0 aliphatic heterocycles. The molecule has 156 valence electrons. The number of aliphatic hydroxyl groups excluding tert-OH is 1. The van der Waals surface area contributed by atoms with Crippen LogP contribution in [-0.4, -0.2) is 46.5 Å². The third-order valence-corrected chi connectivity index (χ3v) is 4.47. The molecule has 0 aliphatic carbocycles. The number of carbonyl (C=O) groups excluding carboxylic acids is 2. The number of amides is 1. The molecule has 0 bridgehead atoms.